The third-order valence-corrected chi connectivity index (χ3v) is 4.83. The van der Waals surface area contributed by atoms with Gasteiger partial charge < -0.3 is 0 Å². The van der Waals surface area contributed by atoms with Crippen molar-refractivity contribution in [2.45, 2.75) is 84.5 Å². The number of hydrogen-bond donors (Lipinski definition) is 0. The Bertz CT molecular complexity index is 391. The maximum atomic E-state index is 2.52. The second-order valence-corrected chi connectivity index (χ2v) is 6.97. The monoisotopic (exact) mass is 258 g/mol. The molecule has 1 aromatic carbocycles. The molecule has 0 radical (unpaired) electrons. The van der Waals surface area contributed by atoms with Gasteiger partial charge in [0.2, 0.25) is 0 Å². The highest BCUT2D eigenvalue weighted by molar-refractivity contribution is 5.43. The van der Waals surface area contributed by atoms with Gasteiger partial charge in [-0.2, -0.15) is 0 Å². The maximum Gasteiger partial charge on any atom is -0.0162 e. The molecule has 0 bridgehead atoms. The zero-order valence-corrected chi connectivity index (χ0v) is 13.4. The molecule has 0 N–H and O–H groups in total. The fourth-order valence-corrected chi connectivity index (χ4v) is 3.65. The zero-order chi connectivity index (χ0) is 14.0. The van der Waals surface area contributed by atoms with Crippen molar-refractivity contribution in [1.29, 1.82) is 0 Å². The Kier molecular flexibility index (Phi) is 4.71. The van der Waals surface area contributed by atoms with E-state index in [2.05, 4.69) is 46.8 Å². The van der Waals surface area contributed by atoms with Crippen LogP contribution in [0.15, 0.2) is 12.1 Å². The molecule has 0 aliphatic heterocycles. The molecule has 0 saturated heterocycles. The standard InChI is InChI=1S/C19H30/c1-13(2)18-11-17(16-9-7-6-8-10-16)12-19(14(3)4)15(18)5/h11-14,16H,6-10H2,1-5H3. The first-order valence-electron chi connectivity index (χ1n) is 8.15. The van der Waals surface area contributed by atoms with Gasteiger partial charge >= 0.3 is 0 Å². The first kappa shape index (κ1) is 14.6. The fourth-order valence-electron chi connectivity index (χ4n) is 3.65. The maximum absolute atomic E-state index is 2.52. The molecule has 1 fully saturated rings. The molecule has 0 unspecified atom stereocenters. The van der Waals surface area contributed by atoms with Crippen LogP contribution in [-0.4, -0.2) is 0 Å². The molecule has 0 heterocycles. The van der Waals surface area contributed by atoms with E-state index in [1.165, 1.54) is 37.7 Å². The van der Waals surface area contributed by atoms with E-state index in [1.807, 2.05) is 0 Å². The second kappa shape index (κ2) is 6.11. The van der Waals surface area contributed by atoms with Crippen LogP contribution in [0.25, 0.3) is 0 Å². The van der Waals surface area contributed by atoms with Crippen molar-refractivity contribution >= 4 is 0 Å². The predicted octanol–water partition coefficient (Wildman–Crippen LogP) is 6.29. The van der Waals surface area contributed by atoms with E-state index in [0.29, 0.717) is 11.8 Å². The smallest absolute Gasteiger partial charge is 0.0162 e. The number of hydrogen-bond acceptors (Lipinski definition) is 0. The molecule has 2 rings (SSSR count). The van der Waals surface area contributed by atoms with Crippen LogP contribution < -0.4 is 0 Å². The van der Waals surface area contributed by atoms with Gasteiger partial charge in [0, 0.05) is 0 Å². The largest absolute Gasteiger partial charge is 0.0587 e. The van der Waals surface area contributed by atoms with Gasteiger partial charge in [-0.3, -0.25) is 0 Å². The lowest BCUT2D eigenvalue weighted by molar-refractivity contribution is 0.443. The molecule has 0 nitrogen and oxygen atoms in total. The van der Waals surface area contributed by atoms with Crippen molar-refractivity contribution in [2.75, 3.05) is 0 Å². The third-order valence-electron chi connectivity index (χ3n) is 4.83. The normalized spacial score (nSPS) is 17.4. The topological polar surface area (TPSA) is 0 Å². The van der Waals surface area contributed by atoms with Crippen LogP contribution in [0, 0.1) is 6.92 Å². The SMILES string of the molecule is Cc1c(C(C)C)cc(C2CCCCC2)cc1C(C)C. The molecular formula is C19H30. The first-order chi connectivity index (χ1) is 9.00. The minimum atomic E-state index is 0.640. The average molecular weight is 258 g/mol. The average Bonchev–Trinajstić information content (AvgIpc) is 2.39. The molecule has 106 valence electrons. The van der Waals surface area contributed by atoms with Crippen molar-refractivity contribution in [3.63, 3.8) is 0 Å². The summed E-state index contributed by atoms with van der Waals surface area (Å²) in [6.45, 7) is 11.6. The lowest BCUT2D eigenvalue weighted by Gasteiger charge is -2.26. The predicted molar refractivity (Wildman–Crippen MR) is 85.2 cm³/mol. The molecule has 1 aliphatic carbocycles. The lowest BCUT2D eigenvalue weighted by atomic mass is 9.79. The van der Waals surface area contributed by atoms with Gasteiger partial charge in [-0.05, 0) is 59.8 Å². The quantitative estimate of drug-likeness (QED) is 0.597. The summed E-state index contributed by atoms with van der Waals surface area (Å²) in [7, 11) is 0. The van der Waals surface area contributed by atoms with Gasteiger partial charge in [0.15, 0.2) is 0 Å². The Morgan fingerprint density at radius 3 is 1.74 bits per heavy atom. The van der Waals surface area contributed by atoms with Gasteiger partial charge in [0.05, 0.1) is 0 Å². The van der Waals surface area contributed by atoms with Gasteiger partial charge in [0.25, 0.3) is 0 Å². The molecule has 0 aromatic heterocycles. The molecule has 0 heteroatoms. The van der Waals surface area contributed by atoms with Crippen LogP contribution in [0.5, 0.6) is 0 Å². The summed E-state index contributed by atoms with van der Waals surface area (Å²) in [6.07, 6.45) is 7.09. The van der Waals surface area contributed by atoms with Crippen LogP contribution in [0.1, 0.15) is 99.8 Å². The second-order valence-electron chi connectivity index (χ2n) is 6.97. The van der Waals surface area contributed by atoms with Gasteiger partial charge in [0.1, 0.15) is 0 Å². The van der Waals surface area contributed by atoms with Crippen molar-refractivity contribution in [2.24, 2.45) is 0 Å². The van der Waals surface area contributed by atoms with E-state index >= 15 is 0 Å². The van der Waals surface area contributed by atoms with Crippen molar-refractivity contribution in [3.8, 4) is 0 Å². The third kappa shape index (κ3) is 3.22. The van der Waals surface area contributed by atoms with E-state index in [1.54, 1.807) is 16.7 Å². The molecule has 19 heavy (non-hydrogen) atoms. The van der Waals surface area contributed by atoms with E-state index in [-0.39, 0.29) is 0 Å². The molecule has 0 atom stereocenters. The highest BCUT2D eigenvalue weighted by atomic mass is 14.2. The van der Waals surface area contributed by atoms with E-state index in [9.17, 15) is 0 Å². The first-order valence-corrected chi connectivity index (χ1v) is 8.15. The molecule has 0 spiro atoms. The van der Waals surface area contributed by atoms with Crippen molar-refractivity contribution in [3.05, 3.63) is 34.4 Å². The van der Waals surface area contributed by atoms with Crippen LogP contribution in [0.3, 0.4) is 0 Å². The minimum absolute atomic E-state index is 0.640. The summed E-state index contributed by atoms with van der Waals surface area (Å²) in [5.74, 6) is 2.10. The zero-order valence-electron chi connectivity index (χ0n) is 13.4. The van der Waals surface area contributed by atoms with Crippen LogP contribution in [-0.2, 0) is 0 Å². The summed E-state index contributed by atoms with van der Waals surface area (Å²) >= 11 is 0. The van der Waals surface area contributed by atoms with Crippen LogP contribution in [0.2, 0.25) is 0 Å². The molecule has 0 amide bonds. The summed E-state index contributed by atoms with van der Waals surface area (Å²) < 4.78 is 0. The summed E-state index contributed by atoms with van der Waals surface area (Å²) in [4.78, 5) is 0. The summed E-state index contributed by atoms with van der Waals surface area (Å²) in [6, 6.07) is 5.03. The van der Waals surface area contributed by atoms with Crippen molar-refractivity contribution in [1.82, 2.24) is 0 Å². The highest BCUT2D eigenvalue weighted by Crippen LogP contribution is 2.37. The van der Waals surface area contributed by atoms with Crippen molar-refractivity contribution < 1.29 is 0 Å². The Morgan fingerprint density at radius 1 is 0.842 bits per heavy atom. The van der Waals surface area contributed by atoms with E-state index in [0.717, 1.165) is 5.92 Å². The van der Waals surface area contributed by atoms with Gasteiger partial charge in [-0.25, -0.2) is 0 Å². The summed E-state index contributed by atoms with van der Waals surface area (Å²) in [5.41, 5.74) is 6.31. The number of benzene rings is 1. The molecule has 1 saturated carbocycles. The Labute approximate surface area is 119 Å². The minimum Gasteiger partial charge on any atom is -0.0587 e. The fraction of sp³-hybridized carbons (Fsp3) is 0.684. The Balaban J connectivity index is 2.43. The highest BCUT2D eigenvalue weighted by Gasteiger charge is 2.19. The lowest BCUT2D eigenvalue weighted by Crippen LogP contribution is -2.08. The molecule has 1 aromatic rings. The van der Waals surface area contributed by atoms with Gasteiger partial charge in [-0.15, -0.1) is 0 Å². The Hall–Kier alpha value is -0.780. The molecule has 1 aliphatic rings. The van der Waals surface area contributed by atoms with Gasteiger partial charge in [-0.1, -0.05) is 59.1 Å². The van der Waals surface area contributed by atoms with E-state index in [4.69, 9.17) is 0 Å². The van der Waals surface area contributed by atoms with E-state index < -0.39 is 0 Å². The van der Waals surface area contributed by atoms with Crippen LogP contribution >= 0.6 is 0 Å². The number of rotatable bonds is 3. The van der Waals surface area contributed by atoms with Crippen LogP contribution in [0.4, 0.5) is 0 Å². The molecular weight excluding hydrogens is 228 g/mol. The Morgan fingerprint density at radius 2 is 1.32 bits per heavy atom. The summed E-state index contributed by atoms with van der Waals surface area (Å²) in [5, 5.41) is 0.